The maximum absolute atomic E-state index is 14.1. The lowest BCUT2D eigenvalue weighted by molar-refractivity contribution is -0.329. The standard InChI is InChI=1S/C43H42ClN3O13/c1-21-39(52)46-34-26(17-25(54-6)18-30(34)56-21)40(53)57-31-20-55-33(49)19-28(45)23-15-27(44)37(29(48)16-23)58-32-11-7-9-22(31)12-13-24-10-8-14-43(24,32)60-41-36(51)35(50)38(47(4)5)42(2,3)59-41/h8-10,14-18,28,31-32,35-36,38,41,48,50-51H,1,19-20,45H2,2-6H3,(H,46,52)/b22-9-/t28-,31-,32+,35-,36+,38-,41-,43+/m0/s1. The van der Waals surface area contributed by atoms with Crippen LogP contribution in [0.2, 0.25) is 5.02 Å². The van der Waals surface area contributed by atoms with Crippen LogP contribution in [0.1, 0.15) is 42.2 Å². The van der Waals surface area contributed by atoms with Crippen molar-refractivity contribution in [1.82, 2.24) is 4.90 Å². The SMILES string of the molecule is C=C1Oc2cc(OC)cc(C(=O)O[C@H]3COC(=O)C[C@H](N)c4cc(O)c(c(Cl)c4)O[C@@H]4C#C/C=C\3C#CC3=CC=C[C@@]34O[C@@H]3OC(C)(C)[C@@H](N(C)C)[C@@H](O)[C@H]3O)c2NC1=O. The second-order valence-electron chi connectivity index (χ2n) is 15.2. The molecule has 4 heterocycles. The van der Waals surface area contributed by atoms with Crippen molar-refractivity contribution in [3.63, 3.8) is 0 Å². The third-order valence-corrected chi connectivity index (χ3v) is 10.8. The molecule has 1 fully saturated rings. The van der Waals surface area contributed by atoms with E-state index < -0.39 is 84.2 Å². The smallest absolute Gasteiger partial charge is 0.341 e. The quantitative estimate of drug-likeness (QED) is 0.161. The van der Waals surface area contributed by atoms with Crippen molar-refractivity contribution >= 4 is 35.1 Å². The van der Waals surface area contributed by atoms with Crippen LogP contribution in [0, 0.1) is 23.7 Å². The summed E-state index contributed by atoms with van der Waals surface area (Å²) in [7, 11) is 4.87. The van der Waals surface area contributed by atoms with E-state index in [2.05, 4.69) is 35.6 Å². The van der Waals surface area contributed by atoms with E-state index in [1.54, 1.807) is 51.1 Å². The molecule has 16 nitrogen and oxygen atoms in total. The molecule has 1 amide bonds. The van der Waals surface area contributed by atoms with E-state index in [1.807, 2.05) is 0 Å². The van der Waals surface area contributed by atoms with Crippen LogP contribution in [0.3, 0.4) is 0 Å². The summed E-state index contributed by atoms with van der Waals surface area (Å²) in [5, 5.41) is 36.6. The zero-order valence-electron chi connectivity index (χ0n) is 33.1. The molecule has 60 heavy (non-hydrogen) atoms. The number of aliphatic hydroxyl groups is 2. The molecule has 2 aromatic carbocycles. The Kier molecular flexibility index (Phi) is 11.5. The topological polar surface area (TPSA) is 218 Å². The minimum absolute atomic E-state index is 0.0160. The normalized spacial score (nSPS) is 29.9. The fourth-order valence-electron chi connectivity index (χ4n) is 7.61. The summed E-state index contributed by atoms with van der Waals surface area (Å²) in [6.07, 6.45) is -1.46. The van der Waals surface area contributed by atoms with E-state index in [4.69, 9.17) is 50.5 Å². The van der Waals surface area contributed by atoms with E-state index >= 15 is 0 Å². The summed E-state index contributed by atoms with van der Waals surface area (Å²) in [4.78, 5) is 41.6. The number of halogens is 1. The number of ether oxygens (including phenoxy) is 7. The highest BCUT2D eigenvalue weighted by atomic mass is 35.5. The number of nitrogens with one attached hydrogen (secondary N) is 1. The van der Waals surface area contributed by atoms with Crippen molar-refractivity contribution in [1.29, 1.82) is 0 Å². The Bertz CT molecular complexity index is 2360. The third kappa shape index (κ3) is 7.94. The number of allylic oxidation sites excluding steroid dienone is 3. The minimum Gasteiger partial charge on any atom is -0.504 e. The molecule has 2 aliphatic carbocycles. The van der Waals surface area contributed by atoms with Gasteiger partial charge in [0.25, 0.3) is 5.91 Å². The highest BCUT2D eigenvalue weighted by molar-refractivity contribution is 6.32. The largest absolute Gasteiger partial charge is 0.504 e. The zero-order chi connectivity index (χ0) is 43.3. The molecule has 4 aliphatic heterocycles. The Morgan fingerprint density at radius 1 is 1.13 bits per heavy atom. The van der Waals surface area contributed by atoms with Crippen LogP contribution < -0.4 is 25.3 Å². The maximum Gasteiger partial charge on any atom is 0.341 e. The number of carbonyl (C=O) groups is 3. The second kappa shape index (κ2) is 16.3. The number of amides is 1. The molecule has 2 aromatic rings. The van der Waals surface area contributed by atoms with Gasteiger partial charge in [-0.3, -0.25) is 9.59 Å². The number of benzene rings is 2. The molecule has 0 saturated carbocycles. The van der Waals surface area contributed by atoms with Crippen LogP contribution in [0.4, 0.5) is 5.69 Å². The Balaban J connectivity index is 1.34. The molecule has 0 radical (unpaired) electrons. The van der Waals surface area contributed by atoms with Crippen LogP contribution in [-0.4, -0.2) is 114 Å². The number of phenols is 1. The van der Waals surface area contributed by atoms with Gasteiger partial charge in [0.1, 0.15) is 24.6 Å². The fourth-order valence-corrected chi connectivity index (χ4v) is 7.88. The van der Waals surface area contributed by atoms with E-state index in [-0.39, 0.29) is 62.4 Å². The van der Waals surface area contributed by atoms with E-state index in [0.717, 1.165) is 0 Å². The number of esters is 2. The molecule has 8 rings (SSSR count). The van der Waals surface area contributed by atoms with Crippen LogP contribution in [0.25, 0.3) is 0 Å². The fraction of sp³-hybridized carbons (Fsp3) is 0.372. The van der Waals surface area contributed by atoms with E-state index in [0.29, 0.717) is 0 Å². The van der Waals surface area contributed by atoms with Gasteiger partial charge >= 0.3 is 11.9 Å². The van der Waals surface area contributed by atoms with Gasteiger partial charge in [-0.2, -0.15) is 0 Å². The first-order valence-electron chi connectivity index (χ1n) is 18.6. The highest BCUT2D eigenvalue weighted by Crippen LogP contribution is 2.44. The molecule has 6 N–H and O–H groups in total. The minimum atomic E-state index is -1.80. The van der Waals surface area contributed by atoms with Gasteiger partial charge in [-0.05, 0) is 69.8 Å². The molecule has 0 unspecified atom stereocenters. The first kappa shape index (κ1) is 42.3. The second-order valence-corrected chi connectivity index (χ2v) is 15.6. The summed E-state index contributed by atoms with van der Waals surface area (Å²) in [6.45, 7) is 6.50. The molecule has 8 atom stereocenters. The first-order valence-corrected chi connectivity index (χ1v) is 19.0. The molecular formula is C43H42ClN3O13. The average Bonchev–Trinajstić information content (AvgIpc) is 3.60. The number of anilines is 1. The molecule has 314 valence electrons. The summed E-state index contributed by atoms with van der Waals surface area (Å²) < 4.78 is 41.9. The number of aromatic hydroxyl groups is 1. The van der Waals surface area contributed by atoms with Gasteiger partial charge in [0.15, 0.2) is 47.1 Å². The predicted octanol–water partition coefficient (Wildman–Crippen LogP) is 2.80. The summed E-state index contributed by atoms with van der Waals surface area (Å²) in [5.74, 6) is 8.83. The molecular weight excluding hydrogens is 802 g/mol. The number of rotatable bonds is 6. The van der Waals surface area contributed by atoms with Gasteiger partial charge in [-0.25, -0.2) is 4.79 Å². The molecule has 4 bridgehead atoms. The summed E-state index contributed by atoms with van der Waals surface area (Å²) in [6, 6.07) is 3.83. The Labute approximate surface area is 350 Å². The number of aliphatic hydroxyl groups excluding tert-OH is 2. The van der Waals surface area contributed by atoms with Crippen molar-refractivity contribution in [3.8, 4) is 46.7 Å². The third-order valence-electron chi connectivity index (χ3n) is 10.5. The Hall–Kier alpha value is -5.82. The number of hydrogen-bond acceptors (Lipinski definition) is 15. The first-order chi connectivity index (χ1) is 28.4. The van der Waals surface area contributed by atoms with E-state index in [1.165, 1.54) is 37.5 Å². The molecule has 0 aromatic heterocycles. The number of fused-ring (bicyclic) bond motifs is 9. The van der Waals surface area contributed by atoms with Gasteiger partial charge in [-0.15, -0.1) is 0 Å². The number of nitrogens with zero attached hydrogens (tertiary/aromatic N) is 1. The summed E-state index contributed by atoms with van der Waals surface area (Å²) in [5.41, 5.74) is 3.86. The number of nitrogens with two attached hydrogens (primary N) is 1. The van der Waals surface area contributed by atoms with Crippen molar-refractivity contribution in [2.45, 2.75) is 74.3 Å². The van der Waals surface area contributed by atoms with Crippen LogP contribution in [0.15, 0.2) is 72.1 Å². The van der Waals surface area contributed by atoms with Crippen molar-refractivity contribution in [2.24, 2.45) is 5.73 Å². The van der Waals surface area contributed by atoms with Gasteiger partial charge in [-0.1, -0.05) is 42.0 Å². The van der Waals surface area contributed by atoms with Gasteiger partial charge in [0.2, 0.25) is 0 Å². The zero-order valence-corrected chi connectivity index (χ0v) is 33.9. The van der Waals surface area contributed by atoms with Crippen molar-refractivity contribution < 1.29 is 62.9 Å². The highest BCUT2D eigenvalue weighted by Gasteiger charge is 2.55. The lowest BCUT2D eigenvalue weighted by atomic mass is 9.85. The number of carbonyl (C=O) groups excluding carboxylic acids is 3. The Morgan fingerprint density at radius 2 is 1.90 bits per heavy atom. The van der Waals surface area contributed by atoms with E-state index in [9.17, 15) is 29.7 Å². The number of phenolic OH excluding ortho intramolecular Hbond substituents is 1. The number of methoxy groups -OCH3 is 1. The van der Waals surface area contributed by atoms with Crippen molar-refractivity contribution in [3.05, 3.63) is 88.2 Å². The van der Waals surface area contributed by atoms with Crippen LogP contribution in [-0.2, 0) is 28.5 Å². The number of hydrogen-bond donors (Lipinski definition) is 5. The van der Waals surface area contributed by atoms with Gasteiger partial charge < -0.3 is 64.4 Å². The van der Waals surface area contributed by atoms with Crippen LogP contribution in [0.5, 0.6) is 23.0 Å². The van der Waals surface area contributed by atoms with Crippen molar-refractivity contribution in [2.75, 3.05) is 33.1 Å². The van der Waals surface area contributed by atoms with Gasteiger partial charge in [0, 0.05) is 23.8 Å². The molecule has 1 saturated heterocycles. The number of likely N-dealkylation sites (N-methyl/N-ethyl adjacent to an activating group) is 1. The van der Waals surface area contributed by atoms with Gasteiger partial charge in [0.05, 0.1) is 47.0 Å². The average molecular weight is 844 g/mol. The summed E-state index contributed by atoms with van der Waals surface area (Å²) >= 11 is 6.70. The predicted molar refractivity (Wildman–Crippen MR) is 214 cm³/mol. The molecule has 6 aliphatic rings. The Morgan fingerprint density at radius 3 is 2.62 bits per heavy atom. The molecule has 0 spiro atoms. The lowest BCUT2D eigenvalue weighted by Crippen LogP contribution is -2.68. The lowest BCUT2D eigenvalue weighted by Gasteiger charge is -2.51. The maximum atomic E-state index is 14.1. The monoisotopic (exact) mass is 843 g/mol. The molecule has 17 heteroatoms. The van der Waals surface area contributed by atoms with Crippen LogP contribution >= 0.6 is 11.6 Å².